The fraction of sp³-hybridized carbons (Fsp3) is 0.647. The van der Waals surface area contributed by atoms with Gasteiger partial charge in [-0.25, -0.2) is 0 Å². The molecule has 1 N–H and O–H groups in total. The van der Waals surface area contributed by atoms with E-state index in [9.17, 15) is 9.59 Å². The summed E-state index contributed by atoms with van der Waals surface area (Å²) in [6.07, 6.45) is 1.52. The Morgan fingerprint density at radius 3 is 3.04 bits per heavy atom. The highest BCUT2D eigenvalue weighted by atomic mass is 16.5. The number of hydrogen-bond donors (Lipinski definition) is 1. The van der Waals surface area contributed by atoms with Gasteiger partial charge in [0.15, 0.2) is 0 Å². The minimum atomic E-state index is -0.0667. The smallest absolute Gasteiger partial charge is 0.250 e. The number of aromatic nitrogens is 1. The third-order valence-corrected chi connectivity index (χ3v) is 5.05. The van der Waals surface area contributed by atoms with Crippen molar-refractivity contribution in [1.29, 1.82) is 0 Å². The van der Waals surface area contributed by atoms with E-state index in [-0.39, 0.29) is 29.5 Å². The van der Waals surface area contributed by atoms with E-state index in [1.807, 2.05) is 13.0 Å². The molecule has 6 heteroatoms. The van der Waals surface area contributed by atoms with Gasteiger partial charge in [-0.1, -0.05) is 6.07 Å². The molecule has 2 fully saturated rings. The predicted octanol–water partition coefficient (Wildman–Crippen LogP) is 0.713. The standard InChI is InChI=1S/C17H24N2O4/c1-11-4-3-5-15(21)19(11)8-6-14(20)18-16-12-7-9-23-17(12)13(16)10-22-2/h3-5,12-13,16-17H,6-10H2,1-2H3,(H,18,20)/t12-,13+,16+,17-/m0/s1. The summed E-state index contributed by atoms with van der Waals surface area (Å²) in [7, 11) is 1.67. The van der Waals surface area contributed by atoms with Gasteiger partial charge in [0.2, 0.25) is 5.91 Å². The van der Waals surface area contributed by atoms with Crippen molar-refractivity contribution < 1.29 is 14.3 Å². The Bertz CT molecular complexity index is 627. The van der Waals surface area contributed by atoms with E-state index in [2.05, 4.69) is 5.32 Å². The second-order valence-corrected chi connectivity index (χ2v) is 6.41. The maximum absolute atomic E-state index is 12.3. The Morgan fingerprint density at radius 1 is 1.48 bits per heavy atom. The van der Waals surface area contributed by atoms with Crippen molar-refractivity contribution in [2.75, 3.05) is 20.3 Å². The summed E-state index contributed by atoms with van der Waals surface area (Å²) in [5.74, 6) is 0.620. The quantitative estimate of drug-likeness (QED) is 0.838. The van der Waals surface area contributed by atoms with Crippen molar-refractivity contribution in [1.82, 2.24) is 9.88 Å². The van der Waals surface area contributed by atoms with Crippen LogP contribution in [-0.2, 0) is 20.8 Å². The molecular weight excluding hydrogens is 296 g/mol. The number of carbonyl (C=O) groups is 1. The summed E-state index contributed by atoms with van der Waals surface area (Å²) in [5, 5.41) is 3.12. The molecule has 4 atom stereocenters. The summed E-state index contributed by atoms with van der Waals surface area (Å²) in [6.45, 7) is 3.65. The van der Waals surface area contributed by atoms with Gasteiger partial charge in [-0.05, 0) is 19.4 Å². The van der Waals surface area contributed by atoms with Gasteiger partial charge in [0.25, 0.3) is 5.56 Å². The molecule has 1 amide bonds. The third-order valence-electron chi connectivity index (χ3n) is 5.05. The number of ether oxygens (including phenoxy) is 2. The molecule has 0 bridgehead atoms. The van der Waals surface area contributed by atoms with Crippen LogP contribution in [0.1, 0.15) is 18.5 Å². The summed E-state index contributed by atoms with van der Waals surface area (Å²) in [4.78, 5) is 24.1. The second kappa shape index (κ2) is 6.84. The average molecular weight is 320 g/mol. The van der Waals surface area contributed by atoms with E-state index in [0.29, 0.717) is 25.5 Å². The van der Waals surface area contributed by atoms with E-state index < -0.39 is 0 Å². The maximum atomic E-state index is 12.3. The molecule has 1 aliphatic carbocycles. The number of nitrogens with one attached hydrogen (secondary N) is 1. The molecule has 2 aliphatic rings. The first-order chi connectivity index (χ1) is 11.1. The number of carbonyl (C=O) groups excluding carboxylic acids is 1. The van der Waals surface area contributed by atoms with E-state index >= 15 is 0 Å². The van der Waals surface area contributed by atoms with Gasteiger partial charge in [0, 0.05) is 56.3 Å². The minimum Gasteiger partial charge on any atom is -0.384 e. The molecule has 126 valence electrons. The fourth-order valence-corrected chi connectivity index (χ4v) is 3.82. The second-order valence-electron chi connectivity index (χ2n) is 6.41. The van der Waals surface area contributed by atoms with Gasteiger partial charge >= 0.3 is 0 Å². The van der Waals surface area contributed by atoms with Gasteiger partial charge in [0.05, 0.1) is 12.7 Å². The molecule has 0 radical (unpaired) electrons. The normalized spacial score (nSPS) is 29.0. The lowest BCUT2D eigenvalue weighted by Crippen LogP contribution is -2.62. The van der Waals surface area contributed by atoms with Gasteiger partial charge in [-0.2, -0.15) is 0 Å². The van der Waals surface area contributed by atoms with Gasteiger partial charge in [0.1, 0.15) is 0 Å². The molecule has 6 nitrogen and oxygen atoms in total. The molecule has 1 aromatic rings. The zero-order valence-electron chi connectivity index (χ0n) is 13.7. The lowest BCUT2D eigenvalue weighted by atomic mass is 9.67. The number of aryl methyl sites for hydroxylation is 1. The van der Waals surface area contributed by atoms with Crippen LogP contribution < -0.4 is 10.9 Å². The van der Waals surface area contributed by atoms with Crippen molar-refractivity contribution in [3.05, 3.63) is 34.2 Å². The van der Waals surface area contributed by atoms with Crippen LogP contribution in [0.25, 0.3) is 0 Å². The fourth-order valence-electron chi connectivity index (χ4n) is 3.82. The van der Waals surface area contributed by atoms with Crippen molar-refractivity contribution >= 4 is 5.91 Å². The SMILES string of the molecule is COC[C@@H]1[C@H](NC(=O)CCn2c(C)cccc2=O)[C@@H]2CCO[C@H]12. The largest absolute Gasteiger partial charge is 0.384 e. The highest BCUT2D eigenvalue weighted by Crippen LogP contribution is 2.43. The first-order valence-electron chi connectivity index (χ1n) is 8.18. The van der Waals surface area contributed by atoms with Crippen LogP contribution in [0.5, 0.6) is 0 Å². The van der Waals surface area contributed by atoms with Crippen LogP contribution in [0.15, 0.2) is 23.0 Å². The summed E-state index contributed by atoms with van der Waals surface area (Å²) >= 11 is 0. The Morgan fingerprint density at radius 2 is 2.30 bits per heavy atom. The van der Waals surface area contributed by atoms with Crippen LogP contribution in [-0.4, -0.2) is 42.9 Å². The van der Waals surface area contributed by atoms with Crippen LogP contribution in [0, 0.1) is 18.8 Å². The summed E-state index contributed by atoms with van der Waals surface area (Å²) < 4.78 is 12.6. The monoisotopic (exact) mass is 320 g/mol. The number of nitrogens with zero attached hydrogens (tertiary/aromatic N) is 1. The number of methoxy groups -OCH3 is 1. The van der Waals surface area contributed by atoms with Gasteiger partial charge in [-0.15, -0.1) is 0 Å². The van der Waals surface area contributed by atoms with E-state index in [1.54, 1.807) is 17.7 Å². The van der Waals surface area contributed by atoms with E-state index in [1.165, 1.54) is 6.07 Å². The summed E-state index contributed by atoms with van der Waals surface area (Å²) in [5.41, 5.74) is 0.804. The van der Waals surface area contributed by atoms with Crippen molar-refractivity contribution in [2.24, 2.45) is 11.8 Å². The Labute approximate surface area is 135 Å². The molecular formula is C17H24N2O4. The first kappa shape index (κ1) is 16.2. The zero-order chi connectivity index (χ0) is 16.4. The Balaban J connectivity index is 1.56. The number of pyridine rings is 1. The van der Waals surface area contributed by atoms with Crippen LogP contribution in [0.4, 0.5) is 0 Å². The first-order valence-corrected chi connectivity index (χ1v) is 8.18. The lowest BCUT2D eigenvalue weighted by Gasteiger charge is -2.47. The molecule has 0 aromatic carbocycles. The number of amides is 1. The van der Waals surface area contributed by atoms with E-state index in [4.69, 9.17) is 9.47 Å². The van der Waals surface area contributed by atoms with Gasteiger partial charge < -0.3 is 19.4 Å². The topological polar surface area (TPSA) is 69.6 Å². The molecule has 23 heavy (non-hydrogen) atoms. The molecule has 0 spiro atoms. The average Bonchev–Trinajstić information content (AvgIpc) is 2.94. The molecule has 2 heterocycles. The molecule has 1 aliphatic heterocycles. The van der Waals surface area contributed by atoms with Crippen molar-refractivity contribution in [3.63, 3.8) is 0 Å². The van der Waals surface area contributed by atoms with Crippen LogP contribution in [0.2, 0.25) is 0 Å². The summed E-state index contributed by atoms with van der Waals surface area (Å²) in [6, 6.07) is 5.26. The molecule has 0 unspecified atom stereocenters. The lowest BCUT2D eigenvalue weighted by molar-refractivity contribution is -0.130. The van der Waals surface area contributed by atoms with Gasteiger partial charge in [-0.3, -0.25) is 9.59 Å². The Hall–Kier alpha value is -1.66. The maximum Gasteiger partial charge on any atom is 0.250 e. The van der Waals surface area contributed by atoms with Crippen LogP contribution in [0.3, 0.4) is 0 Å². The molecule has 3 rings (SSSR count). The number of fused-ring (bicyclic) bond motifs is 1. The number of hydrogen-bond acceptors (Lipinski definition) is 4. The van der Waals surface area contributed by atoms with Crippen LogP contribution >= 0.6 is 0 Å². The molecule has 1 aromatic heterocycles. The zero-order valence-corrected chi connectivity index (χ0v) is 13.7. The molecule has 1 saturated carbocycles. The van der Waals surface area contributed by atoms with E-state index in [0.717, 1.165) is 18.7 Å². The predicted molar refractivity (Wildman–Crippen MR) is 85.2 cm³/mol. The van der Waals surface area contributed by atoms with Crippen molar-refractivity contribution in [3.8, 4) is 0 Å². The third kappa shape index (κ3) is 3.19. The van der Waals surface area contributed by atoms with Crippen molar-refractivity contribution in [2.45, 2.75) is 38.5 Å². The minimum absolute atomic E-state index is 0.0170. The highest BCUT2D eigenvalue weighted by molar-refractivity contribution is 5.76. The number of rotatable bonds is 6. The molecule has 1 saturated heterocycles. The highest BCUT2D eigenvalue weighted by Gasteiger charge is 2.54. The Kier molecular flexibility index (Phi) is 4.82.